The number of aryl methyl sites for hydroxylation is 1. The molecule has 0 saturated heterocycles. The van der Waals surface area contributed by atoms with Crippen LogP contribution >= 0.6 is 23.2 Å². The second-order valence-electron chi connectivity index (χ2n) is 8.28. The smallest absolute Gasteiger partial charge is 0.397 e. The first kappa shape index (κ1) is 27.1. The monoisotopic (exact) mass is 558 g/mol. The first-order chi connectivity index (χ1) is 18.2. The van der Waals surface area contributed by atoms with E-state index in [4.69, 9.17) is 32.7 Å². The van der Waals surface area contributed by atoms with Crippen molar-refractivity contribution in [3.63, 3.8) is 0 Å². The number of fused-ring (bicyclic) bond motifs is 1. The lowest BCUT2D eigenvalue weighted by Gasteiger charge is -2.30. The number of halogens is 2. The highest BCUT2D eigenvalue weighted by atomic mass is 35.5. The number of amides is 2. The number of ether oxygens (including phenoxy) is 3. The quantitative estimate of drug-likeness (QED) is 0.299. The van der Waals surface area contributed by atoms with Crippen molar-refractivity contribution in [1.29, 1.82) is 0 Å². The summed E-state index contributed by atoms with van der Waals surface area (Å²) in [6.45, 7) is 2.12. The van der Waals surface area contributed by atoms with Crippen LogP contribution in [0.1, 0.15) is 29.3 Å². The van der Waals surface area contributed by atoms with Crippen LogP contribution in [0.4, 0.5) is 11.4 Å². The van der Waals surface area contributed by atoms with Gasteiger partial charge in [0.15, 0.2) is 5.75 Å². The summed E-state index contributed by atoms with van der Waals surface area (Å²) in [5.41, 5.74) is 1.92. The van der Waals surface area contributed by atoms with Gasteiger partial charge in [-0.05, 0) is 73.9 Å². The zero-order valence-electron chi connectivity index (χ0n) is 20.5. The number of carbonyl (C=O) groups excluding carboxylic acids is 3. The van der Waals surface area contributed by atoms with Gasteiger partial charge in [-0.15, -0.1) is 0 Å². The number of hydrogen-bond acceptors (Lipinski definition) is 7. The fraction of sp³-hybridized carbons (Fsp3) is 0.222. The molecule has 0 unspecified atom stereocenters. The lowest BCUT2D eigenvalue weighted by Crippen LogP contribution is -2.35. The number of methoxy groups -OCH3 is 1. The lowest BCUT2D eigenvalue weighted by molar-refractivity contribution is -0.152. The van der Waals surface area contributed by atoms with Gasteiger partial charge in [0.25, 0.3) is 5.91 Å². The van der Waals surface area contributed by atoms with Gasteiger partial charge >= 0.3 is 11.9 Å². The Morgan fingerprint density at radius 3 is 2.42 bits per heavy atom. The standard InChI is InChI=1S/C27H24Cl2N2O7/c1-3-37-27(35)25(33)30-16-12-20(28)24(21(29)13-16)38-18-7-9-23(32)19(14-18)26(34)31-10-4-5-15-11-17(36-2)6-8-22(15)31/h6-9,11-14,32H,3-5,10H2,1-2H3,(H,30,33). The number of anilines is 2. The summed E-state index contributed by atoms with van der Waals surface area (Å²) in [6, 6.07) is 12.4. The highest BCUT2D eigenvalue weighted by Crippen LogP contribution is 2.40. The molecule has 38 heavy (non-hydrogen) atoms. The van der Waals surface area contributed by atoms with Crippen LogP contribution in [-0.4, -0.2) is 43.2 Å². The third-order valence-electron chi connectivity index (χ3n) is 5.79. The van der Waals surface area contributed by atoms with Gasteiger partial charge in [0.1, 0.15) is 17.2 Å². The Morgan fingerprint density at radius 1 is 1.03 bits per heavy atom. The SMILES string of the molecule is CCOC(=O)C(=O)Nc1cc(Cl)c(Oc2ccc(O)c(C(=O)N3CCCc4cc(OC)ccc43)c2)c(Cl)c1. The summed E-state index contributed by atoms with van der Waals surface area (Å²) in [4.78, 5) is 38.6. The van der Waals surface area contributed by atoms with Crippen molar-refractivity contribution >= 4 is 52.4 Å². The molecule has 3 aromatic rings. The molecule has 0 bridgehead atoms. The summed E-state index contributed by atoms with van der Waals surface area (Å²) >= 11 is 12.7. The molecule has 0 aromatic heterocycles. The Hall–Kier alpha value is -3.95. The van der Waals surface area contributed by atoms with E-state index in [0.29, 0.717) is 12.3 Å². The average Bonchev–Trinajstić information content (AvgIpc) is 2.90. The molecule has 11 heteroatoms. The Labute approximate surface area is 228 Å². The average molecular weight is 559 g/mol. The number of aromatic hydroxyl groups is 1. The Morgan fingerprint density at radius 2 is 1.74 bits per heavy atom. The van der Waals surface area contributed by atoms with Gasteiger partial charge in [0, 0.05) is 17.9 Å². The predicted octanol–water partition coefficient (Wildman–Crippen LogP) is 5.59. The number of hydrogen-bond donors (Lipinski definition) is 2. The molecule has 0 aliphatic carbocycles. The number of phenolic OH excluding ortho intramolecular Hbond substituents is 1. The van der Waals surface area contributed by atoms with Crippen molar-refractivity contribution in [2.45, 2.75) is 19.8 Å². The highest BCUT2D eigenvalue weighted by Gasteiger charge is 2.26. The minimum atomic E-state index is -1.04. The number of nitrogens with one attached hydrogen (secondary N) is 1. The maximum atomic E-state index is 13.5. The van der Waals surface area contributed by atoms with Crippen LogP contribution in [0.2, 0.25) is 10.0 Å². The van der Waals surface area contributed by atoms with Gasteiger partial charge in [-0.25, -0.2) is 4.79 Å². The molecule has 3 aromatic carbocycles. The summed E-state index contributed by atoms with van der Waals surface area (Å²) in [6.07, 6.45) is 1.56. The number of rotatable bonds is 6. The van der Waals surface area contributed by atoms with Crippen molar-refractivity contribution in [1.82, 2.24) is 0 Å². The molecular weight excluding hydrogens is 535 g/mol. The van der Waals surface area contributed by atoms with Crippen molar-refractivity contribution in [2.75, 3.05) is 30.5 Å². The van der Waals surface area contributed by atoms with E-state index in [0.717, 1.165) is 24.1 Å². The summed E-state index contributed by atoms with van der Waals surface area (Å²) in [5.74, 6) is -1.67. The number of phenols is 1. The van der Waals surface area contributed by atoms with E-state index in [1.165, 1.54) is 30.3 Å². The van der Waals surface area contributed by atoms with Gasteiger partial charge in [0.2, 0.25) is 0 Å². The topological polar surface area (TPSA) is 114 Å². The van der Waals surface area contributed by atoms with Crippen molar-refractivity contribution in [2.24, 2.45) is 0 Å². The number of esters is 1. The fourth-order valence-corrected chi connectivity index (χ4v) is 4.60. The Balaban J connectivity index is 1.57. The van der Waals surface area contributed by atoms with Crippen LogP contribution in [0, 0.1) is 0 Å². The van der Waals surface area contributed by atoms with Crippen molar-refractivity contribution in [3.8, 4) is 23.0 Å². The van der Waals surface area contributed by atoms with E-state index < -0.39 is 17.8 Å². The van der Waals surface area contributed by atoms with Crippen molar-refractivity contribution in [3.05, 3.63) is 69.7 Å². The summed E-state index contributed by atoms with van der Waals surface area (Å²) in [5, 5.41) is 12.9. The number of nitrogens with zero attached hydrogens (tertiary/aromatic N) is 1. The minimum absolute atomic E-state index is 0.0384. The Kier molecular flexibility index (Phi) is 8.29. The lowest BCUT2D eigenvalue weighted by atomic mass is 10.00. The first-order valence-electron chi connectivity index (χ1n) is 11.7. The van der Waals surface area contributed by atoms with Gasteiger partial charge in [-0.2, -0.15) is 0 Å². The normalized spacial score (nSPS) is 12.4. The fourth-order valence-electron chi connectivity index (χ4n) is 4.03. The molecule has 198 valence electrons. The van der Waals surface area contributed by atoms with Gasteiger partial charge in [0.05, 0.1) is 29.3 Å². The van der Waals surface area contributed by atoms with Crippen LogP contribution in [0.25, 0.3) is 0 Å². The largest absolute Gasteiger partial charge is 0.507 e. The van der Waals surface area contributed by atoms with Crippen molar-refractivity contribution < 1.29 is 33.7 Å². The predicted molar refractivity (Wildman–Crippen MR) is 143 cm³/mol. The van der Waals surface area contributed by atoms with E-state index >= 15 is 0 Å². The summed E-state index contributed by atoms with van der Waals surface area (Å²) < 4.78 is 15.8. The second-order valence-corrected chi connectivity index (χ2v) is 9.09. The Bertz CT molecular complexity index is 1390. The van der Waals surface area contributed by atoms with Crippen LogP contribution in [-0.2, 0) is 20.7 Å². The van der Waals surface area contributed by atoms with E-state index in [2.05, 4.69) is 10.1 Å². The maximum Gasteiger partial charge on any atom is 0.397 e. The van der Waals surface area contributed by atoms with Crippen LogP contribution in [0.5, 0.6) is 23.0 Å². The van der Waals surface area contributed by atoms with E-state index in [9.17, 15) is 19.5 Å². The van der Waals surface area contributed by atoms with E-state index in [1.807, 2.05) is 12.1 Å². The molecule has 4 rings (SSSR count). The molecule has 1 aliphatic heterocycles. The van der Waals surface area contributed by atoms with Crippen LogP contribution < -0.4 is 19.7 Å². The molecule has 0 spiro atoms. The molecule has 0 radical (unpaired) electrons. The maximum absolute atomic E-state index is 13.5. The molecule has 2 N–H and O–H groups in total. The number of carbonyl (C=O) groups is 3. The molecule has 2 amide bonds. The molecular formula is C27H24Cl2N2O7. The zero-order chi connectivity index (χ0) is 27.4. The molecule has 1 aliphatic rings. The molecule has 0 fully saturated rings. The van der Waals surface area contributed by atoms with Gasteiger partial charge in [-0.1, -0.05) is 23.2 Å². The van der Waals surface area contributed by atoms with E-state index in [-0.39, 0.29) is 45.2 Å². The van der Waals surface area contributed by atoms with E-state index in [1.54, 1.807) is 25.0 Å². The second kappa shape index (κ2) is 11.6. The van der Waals surface area contributed by atoms with Crippen LogP contribution in [0.15, 0.2) is 48.5 Å². The van der Waals surface area contributed by atoms with Gasteiger partial charge in [-0.3, -0.25) is 9.59 Å². The molecule has 0 atom stereocenters. The van der Waals surface area contributed by atoms with Crippen LogP contribution in [0.3, 0.4) is 0 Å². The summed E-state index contributed by atoms with van der Waals surface area (Å²) in [7, 11) is 1.59. The minimum Gasteiger partial charge on any atom is -0.507 e. The zero-order valence-corrected chi connectivity index (χ0v) is 22.1. The highest BCUT2D eigenvalue weighted by molar-refractivity contribution is 6.39. The number of benzene rings is 3. The molecule has 9 nitrogen and oxygen atoms in total. The third kappa shape index (κ3) is 5.79. The van der Waals surface area contributed by atoms with Gasteiger partial charge < -0.3 is 29.5 Å². The molecule has 0 saturated carbocycles. The first-order valence-corrected chi connectivity index (χ1v) is 12.4. The third-order valence-corrected chi connectivity index (χ3v) is 6.35. The molecule has 1 heterocycles.